The van der Waals surface area contributed by atoms with E-state index in [1.165, 1.54) is 0 Å². The summed E-state index contributed by atoms with van der Waals surface area (Å²) in [4.78, 5) is 37.5. The zero-order valence-electron chi connectivity index (χ0n) is 16.4. The predicted molar refractivity (Wildman–Crippen MR) is 100 cm³/mol. The van der Waals surface area contributed by atoms with Crippen LogP contribution in [0.4, 0.5) is 4.79 Å². The van der Waals surface area contributed by atoms with Gasteiger partial charge in [0, 0.05) is 24.4 Å². The van der Waals surface area contributed by atoms with Crippen molar-refractivity contribution in [2.45, 2.75) is 38.5 Å². The lowest BCUT2D eigenvalue weighted by Gasteiger charge is -2.29. The first-order valence-electron chi connectivity index (χ1n) is 8.88. The molecule has 0 saturated carbocycles. The Balaban J connectivity index is 2.32. The highest BCUT2D eigenvalue weighted by molar-refractivity contribution is 8.14. The van der Waals surface area contributed by atoms with Crippen molar-refractivity contribution in [3.05, 3.63) is 0 Å². The number of nitrogens with zero attached hydrogens (tertiary/aromatic N) is 1. The molecule has 1 saturated heterocycles. The van der Waals surface area contributed by atoms with E-state index in [0.717, 1.165) is 24.9 Å². The van der Waals surface area contributed by atoms with E-state index in [1.54, 1.807) is 27.7 Å². The summed E-state index contributed by atoms with van der Waals surface area (Å²) in [5.41, 5.74) is 5.96. The molecular formula is C17H30N2O7S. The van der Waals surface area contributed by atoms with Gasteiger partial charge in [-0.1, -0.05) is 13.8 Å². The average Bonchev–Trinajstić information content (AvgIpc) is 2.61. The van der Waals surface area contributed by atoms with Crippen LogP contribution in [0.3, 0.4) is 0 Å². The third kappa shape index (κ3) is 8.91. The lowest BCUT2D eigenvalue weighted by atomic mass is 10.1. The third-order valence-electron chi connectivity index (χ3n) is 3.95. The molecule has 0 aromatic heterocycles. The van der Waals surface area contributed by atoms with E-state index in [0.29, 0.717) is 19.8 Å². The molecule has 1 rings (SSSR count). The van der Waals surface area contributed by atoms with Crippen molar-refractivity contribution in [1.82, 2.24) is 4.90 Å². The number of hydrogen-bond acceptors (Lipinski definition) is 10. The largest absolute Gasteiger partial charge is 0.463 e. The summed E-state index contributed by atoms with van der Waals surface area (Å²) >= 11 is 0.755. The molecule has 0 radical (unpaired) electrons. The van der Waals surface area contributed by atoms with Gasteiger partial charge in [0.25, 0.3) is 0 Å². The lowest BCUT2D eigenvalue weighted by molar-refractivity contribution is -0.155. The second-order valence-electron chi connectivity index (χ2n) is 6.93. The van der Waals surface area contributed by atoms with Crippen LogP contribution in [0.1, 0.15) is 27.7 Å². The summed E-state index contributed by atoms with van der Waals surface area (Å²) in [7, 11) is 0. The fourth-order valence-electron chi connectivity index (χ4n) is 2.08. The van der Waals surface area contributed by atoms with Crippen LogP contribution in [0.5, 0.6) is 0 Å². The summed E-state index contributed by atoms with van der Waals surface area (Å²) in [5, 5.41) is -0.687. The molecule has 9 nitrogen and oxygen atoms in total. The first kappa shape index (κ1) is 23.7. The molecule has 2 N–H and O–H groups in total. The fourth-order valence-corrected chi connectivity index (χ4v) is 2.84. The van der Waals surface area contributed by atoms with E-state index in [9.17, 15) is 14.4 Å². The summed E-state index contributed by atoms with van der Waals surface area (Å²) < 4.78 is 19.2. The molecule has 1 fully saturated rings. The van der Waals surface area contributed by atoms with Crippen molar-refractivity contribution in [2.75, 3.05) is 46.2 Å². The molecular weight excluding hydrogens is 376 g/mol. The highest BCUT2D eigenvalue weighted by Gasteiger charge is 2.37. The van der Waals surface area contributed by atoms with Crippen molar-refractivity contribution in [1.29, 1.82) is 0 Å². The number of morpholine rings is 1. The van der Waals surface area contributed by atoms with Gasteiger partial charge in [-0.15, -0.1) is 0 Å². The summed E-state index contributed by atoms with van der Waals surface area (Å²) in [6, 6.07) is -1.02. The molecule has 156 valence electrons. The first-order valence-corrected chi connectivity index (χ1v) is 9.70. The Kier molecular flexibility index (Phi) is 10.1. The molecule has 1 heterocycles. The smallest absolute Gasteiger partial charge is 0.370 e. The maximum Gasteiger partial charge on any atom is 0.370 e. The second-order valence-corrected chi connectivity index (χ2v) is 8.52. The topological polar surface area (TPSA) is 117 Å². The van der Waals surface area contributed by atoms with Crippen LogP contribution in [0.2, 0.25) is 0 Å². The lowest BCUT2D eigenvalue weighted by Crippen LogP contribution is -2.49. The Labute approximate surface area is 164 Å². The molecule has 1 aliphatic heterocycles. The van der Waals surface area contributed by atoms with E-state index in [-0.39, 0.29) is 12.5 Å². The van der Waals surface area contributed by atoms with E-state index in [2.05, 4.69) is 4.90 Å². The molecule has 0 spiro atoms. The molecule has 0 unspecified atom stereocenters. The van der Waals surface area contributed by atoms with E-state index >= 15 is 0 Å². The predicted octanol–water partition coefficient (Wildman–Crippen LogP) is 0.994. The van der Waals surface area contributed by atoms with Gasteiger partial charge < -0.3 is 24.7 Å². The standard InChI is InChI=1S/C17H30N2O7S/c1-12(2)14(20)25-11-26-16(22)27-17(3,4)13(18)15(21)24-10-7-19-5-8-23-9-6-19/h12-13H,5-11,18H2,1-4H3/t13-/m0/s1. The SMILES string of the molecule is CC(C)C(=O)OCOC(=O)SC(C)(C)[C@@H](N)C(=O)OCCN1CCOCC1. The number of hydrogen-bond donors (Lipinski definition) is 1. The quantitative estimate of drug-likeness (QED) is 0.439. The van der Waals surface area contributed by atoms with Gasteiger partial charge in [-0.25, -0.2) is 4.79 Å². The number of nitrogens with two attached hydrogens (primary N) is 1. The van der Waals surface area contributed by atoms with Crippen LogP contribution in [0, 0.1) is 5.92 Å². The molecule has 0 aromatic carbocycles. The molecule has 1 atom stereocenters. The molecule has 0 amide bonds. The minimum atomic E-state index is -1.02. The number of esters is 2. The fraction of sp³-hybridized carbons (Fsp3) is 0.824. The normalized spacial score (nSPS) is 16.7. The molecule has 1 aliphatic rings. The van der Waals surface area contributed by atoms with Crippen LogP contribution in [0.25, 0.3) is 0 Å². The summed E-state index contributed by atoms with van der Waals surface area (Å²) in [6.45, 7) is 9.95. The van der Waals surface area contributed by atoms with E-state index in [4.69, 9.17) is 24.7 Å². The molecule has 10 heteroatoms. The monoisotopic (exact) mass is 406 g/mol. The van der Waals surface area contributed by atoms with Gasteiger partial charge >= 0.3 is 17.2 Å². The Morgan fingerprint density at radius 2 is 1.74 bits per heavy atom. The zero-order chi connectivity index (χ0) is 20.4. The van der Waals surface area contributed by atoms with Gasteiger partial charge in [-0.2, -0.15) is 0 Å². The molecule has 27 heavy (non-hydrogen) atoms. The minimum absolute atomic E-state index is 0.225. The molecule has 0 bridgehead atoms. The minimum Gasteiger partial charge on any atom is -0.463 e. The van der Waals surface area contributed by atoms with Gasteiger partial charge in [-0.05, 0) is 25.6 Å². The summed E-state index contributed by atoms with van der Waals surface area (Å²) in [5.74, 6) is -1.36. The van der Waals surface area contributed by atoms with E-state index in [1.807, 2.05) is 0 Å². The van der Waals surface area contributed by atoms with Crippen LogP contribution < -0.4 is 5.73 Å². The number of ether oxygens (including phenoxy) is 4. The number of carbonyl (C=O) groups is 3. The van der Waals surface area contributed by atoms with Crippen LogP contribution in [-0.4, -0.2) is 79.2 Å². The third-order valence-corrected chi connectivity index (χ3v) is 5.02. The van der Waals surface area contributed by atoms with Crippen LogP contribution in [-0.2, 0) is 28.5 Å². The molecule has 0 aliphatic carbocycles. The highest BCUT2D eigenvalue weighted by Crippen LogP contribution is 2.29. The maximum absolute atomic E-state index is 12.2. The Hall–Kier alpha value is -1.36. The van der Waals surface area contributed by atoms with Crippen molar-refractivity contribution >= 4 is 29.0 Å². The van der Waals surface area contributed by atoms with E-state index < -0.39 is 34.8 Å². The van der Waals surface area contributed by atoms with Gasteiger partial charge in [-0.3, -0.25) is 14.5 Å². The number of rotatable bonds is 9. The average molecular weight is 407 g/mol. The maximum atomic E-state index is 12.2. The highest BCUT2D eigenvalue weighted by atomic mass is 32.2. The first-order chi connectivity index (χ1) is 12.6. The van der Waals surface area contributed by atoms with Gasteiger partial charge in [0.1, 0.15) is 12.6 Å². The van der Waals surface area contributed by atoms with Crippen molar-refractivity contribution in [3.8, 4) is 0 Å². The second kappa shape index (κ2) is 11.5. The Bertz CT molecular complexity index is 508. The molecule has 0 aromatic rings. The van der Waals surface area contributed by atoms with Gasteiger partial charge in [0.2, 0.25) is 6.79 Å². The van der Waals surface area contributed by atoms with Crippen molar-refractivity contribution in [2.24, 2.45) is 11.7 Å². The van der Waals surface area contributed by atoms with Gasteiger partial charge in [0.15, 0.2) is 0 Å². The zero-order valence-corrected chi connectivity index (χ0v) is 17.2. The number of thioether (sulfide) groups is 1. The van der Waals surface area contributed by atoms with Crippen molar-refractivity contribution < 1.29 is 33.3 Å². The van der Waals surface area contributed by atoms with Crippen LogP contribution in [0.15, 0.2) is 0 Å². The summed E-state index contributed by atoms with van der Waals surface area (Å²) in [6.07, 6.45) is 0. The van der Waals surface area contributed by atoms with Crippen LogP contribution >= 0.6 is 11.8 Å². The van der Waals surface area contributed by atoms with Gasteiger partial charge in [0.05, 0.1) is 19.1 Å². The number of carbonyl (C=O) groups excluding carboxylic acids is 3. The van der Waals surface area contributed by atoms with Crippen molar-refractivity contribution in [3.63, 3.8) is 0 Å². The Morgan fingerprint density at radius 3 is 2.33 bits per heavy atom. The Morgan fingerprint density at radius 1 is 1.11 bits per heavy atom.